The maximum absolute atomic E-state index is 5.97. The Kier molecular flexibility index (Phi) is 2.02. The highest BCUT2D eigenvalue weighted by Crippen LogP contribution is 2.30. The second kappa shape index (κ2) is 3.05. The lowest BCUT2D eigenvalue weighted by Crippen LogP contribution is -1.89. The number of anilines is 1. The third-order valence-electron chi connectivity index (χ3n) is 1.81. The van der Waals surface area contributed by atoms with Crippen LogP contribution in [0.1, 0.15) is 0 Å². The number of halogens is 2. The highest BCUT2D eigenvalue weighted by Gasteiger charge is 2.05. The Labute approximate surface area is 85.3 Å². The van der Waals surface area contributed by atoms with Crippen molar-refractivity contribution >= 4 is 39.8 Å². The highest BCUT2D eigenvalue weighted by molar-refractivity contribution is 6.40. The number of hydrogen-bond donors (Lipinski definition) is 1. The summed E-state index contributed by atoms with van der Waals surface area (Å²) in [5, 5.41) is 1.88. The van der Waals surface area contributed by atoms with Crippen molar-refractivity contribution in [2.45, 2.75) is 0 Å². The number of hydrogen-bond acceptors (Lipinski definition) is 2. The minimum atomic E-state index is 0.469. The van der Waals surface area contributed by atoms with Crippen molar-refractivity contribution in [3.05, 3.63) is 34.4 Å². The van der Waals surface area contributed by atoms with Gasteiger partial charge in [0.1, 0.15) is 0 Å². The standard InChI is InChI=1S/C9H6Cl2N2/c10-6-3-1-2-5-8(11)7(12)4-13-9(5)6/h1-4H,12H2. The number of nitrogens with two attached hydrogens (primary N) is 1. The van der Waals surface area contributed by atoms with Crippen LogP contribution in [0.25, 0.3) is 10.9 Å². The molecule has 2 N–H and O–H groups in total. The molecule has 1 aromatic carbocycles. The van der Waals surface area contributed by atoms with Gasteiger partial charge in [-0.05, 0) is 6.07 Å². The van der Waals surface area contributed by atoms with E-state index in [1.165, 1.54) is 6.20 Å². The van der Waals surface area contributed by atoms with E-state index in [0.717, 1.165) is 5.39 Å². The minimum absolute atomic E-state index is 0.469. The first-order valence-electron chi connectivity index (χ1n) is 3.68. The Balaban J connectivity index is 2.94. The first-order valence-corrected chi connectivity index (χ1v) is 4.44. The topological polar surface area (TPSA) is 38.9 Å². The Morgan fingerprint density at radius 3 is 2.77 bits per heavy atom. The molecule has 4 heteroatoms. The summed E-state index contributed by atoms with van der Waals surface area (Å²) >= 11 is 11.9. The van der Waals surface area contributed by atoms with Gasteiger partial charge in [-0.3, -0.25) is 4.98 Å². The third kappa shape index (κ3) is 1.32. The van der Waals surface area contributed by atoms with Crippen LogP contribution >= 0.6 is 23.2 Å². The van der Waals surface area contributed by atoms with Gasteiger partial charge in [0.05, 0.1) is 27.4 Å². The number of para-hydroxylation sites is 1. The van der Waals surface area contributed by atoms with Gasteiger partial charge >= 0.3 is 0 Å². The summed E-state index contributed by atoms with van der Waals surface area (Å²) in [7, 11) is 0. The molecule has 0 radical (unpaired) electrons. The predicted octanol–water partition coefficient (Wildman–Crippen LogP) is 3.12. The Morgan fingerprint density at radius 2 is 2.00 bits per heavy atom. The van der Waals surface area contributed by atoms with E-state index in [2.05, 4.69) is 4.98 Å². The zero-order chi connectivity index (χ0) is 9.42. The molecule has 0 aliphatic carbocycles. The van der Waals surface area contributed by atoms with Crippen molar-refractivity contribution in [1.82, 2.24) is 4.98 Å². The number of pyridine rings is 1. The summed E-state index contributed by atoms with van der Waals surface area (Å²) in [4.78, 5) is 4.10. The number of nitrogens with zero attached hydrogens (tertiary/aromatic N) is 1. The third-order valence-corrected chi connectivity index (χ3v) is 2.54. The lowest BCUT2D eigenvalue weighted by molar-refractivity contribution is 1.41. The molecule has 0 bridgehead atoms. The van der Waals surface area contributed by atoms with E-state index in [9.17, 15) is 0 Å². The molecule has 0 fully saturated rings. The van der Waals surface area contributed by atoms with E-state index in [1.54, 1.807) is 6.07 Å². The van der Waals surface area contributed by atoms with Crippen LogP contribution in [0, 0.1) is 0 Å². The number of aromatic nitrogens is 1. The van der Waals surface area contributed by atoms with Crippen LogP contribution in [0.4, 0.5) is 5.69 Å². The highest BCUT2D eigenvalue weighted by atomic mass is 35.5. The molecule has 0 saturated heterocycles. The van der Waals surface area contributed by atoms with Crippen LogP contribution < -0.4 is 5.73 Å². The predicted molar refractivity (Wildman–Crippen MR) is 56.2 cm³/mol. The molecule has 2 rings (SSSR count). The summed E-state index contributed by atoms with van der Waals surface area (Å²) in [5.74, 6) is 0. The first-order chi connectivity index (χ1) is 6.20. The monoisotopic (exact) mass is 212 g/mol. The van der Waals surface area contributed by atoms with Gasteiger partial charge in [-0.1, -0.05) is 35.3 Å². The second-order valence-electron chi connectivity index (χ2n) is 2.66. The van der Waals surface area contributed by atoms with E-state index in [1.807, 2.05) is 12.1 Å². The maximum atomic E-state index is 5.97. The summed E-state index contributed by atoms with van der Waals surface area (Å²) in [6.45, 7) is 0. The lowest BCUT2D eigenvalue weighted by Gasteiger charge is -2.03. The van der Waals surface area contributed by atoms with E-state index in [-0.39, 0.29) is 0 Å². The van der Waals surface area contributed by atoms with Crippen molar-refractivity contribution in [3.63, 3.8) is 0 Å². The lowest BCUT2D eigenvalue weighted by atomic mass is 10.2. The molecule has 2 nitrogen and oxygen atoms in total. The van der Waals surface area contributed by atoms with Crippen molar-refractivity contribution < 1.29 is 0 Å². The molecule has 1 heterocycles. The average molecular weight is 213 g/mol. The normalized spacial score (nSPS) is 10.6. The number of rotatable bonds is 0. The fourth-order valence-corrected chi connectivity index (χ4v) is 1.59. The molecule has 0 amide bonds. The molecule has 0 atom stereocenters. The molecule has 0 spiro atoms. The maximum Gasteiger partial charge on any atom is 0.0904 e. The van der Waals surface area contributed by atoms with Crippen LogP contribution in [0.2, 0.25) is 10.0 Å². The van der Waals surface area contributed by atoms with Gasteiger partial charge in [0.25, 0.3) is 0 Å². The molecule has 0 aliphatic heterocycles. The van der Waals surface area contributed by atoms with Crippen molar-refractivity contribution in [2.24, 2.45) is 0 Å². The van der Waals surface area contributed by atoms with Gasteiger partial charge < -0.3 is 5.73 Å². The van der Waals surface area contributed by atoms with Crippen molar-refractivity contribution in [1.29, 1.82) is 0 Å². The van der Waals surface area contributed by atoms with Crippen LogP contribution in [0.5, 0.6) is 0 Å². The number of fused-ring (bicyclic) bond motifs is 1. The summed E-state index contributed by atoms with van der Waals surface area (Å²) < 4.78 is 0. The molecule has 66 valence electrons. The van der Waals surface area contributed by atoms with Gasteiger partial charge in [-0.15, -0.1) is 0 Å². The van der Waals surface area contributed by atoms with E-state index < -0.39 is 0 Å². The van der Waals surface area contributed by atoms with E-state index in [4.69, 9.17) is 28.9 Å². The second-order valence-corrected chi connectivity index (χ2v) is 3.45. The van der Waals surface area contributed by atoms with Crippen molar-refractivity contribution in [3.8, 4) is 0 Å². The molecular weight excluding hydrogens is 207 g/mol. The average Bonchev–Trinajstić information content (AvgIpc) is 2.12. The molecule has 2 aromatic rings. The van der Waals surface area contributed by atoms with Gasteiger partial charge in [0, 0.05) is 5.39 Å². The fourth-order valence-electron chi connectivity index (χ4n) is 1.17. The molecule has 0 aliphatic rings. The Bertz CT molecular complexity index is 468. The molecule has 13 heavy (non-hydrogen) atoms. The fraction of sp³-hybridized carbons (Fsp3) is 0. The zero-order valence-corrected chi connectivity index (χ0v) is 8.10. The van der Waals surface area contributed by atoms with E-state index >= 15 is 0 Å². The Morgan fingerprint density at radius 1 is 1.23 bits per heavy atom. The minimum Gasteiger partial charge on any atom is -0.396 e. The molecule has 0 unspecified atom stereocenters. The van der Waals surface area contributed by atoms with Gasteiger partial charge in [0.2, 0.25) is 0 Å². The largest absolute Gasteiger partial charge is 0.396 e. The first kappa shape index (κ1) is 8.60. The SMILES string of the molecule is Nc1cnc2c(Cl)cccc2c1Cl. The van der Waals surface area contributed by atoms with Crippen molar-refractivity contribution in [2.75, 3.05) is 5.73 Å². The van der Waals surface area contributed by atoms with Crippen LogP contribution in [-0.2, 0) is 0 Å². The van der Waals surface area contributed by atoms with Gasteiger partial charge in [-0.25, -0.2) is 0 Å². The van der Waals surface area contributed by atoms with Crippen LogP contribution in [0.15, 0.2) is 24.4 Å². The van der Waals surface area contributed by atoms with E-state index in [0.29, 0.717) is 21.2 Å². The summed E-state index contributed by atoms with van der Waals surface area (Å²) in [6.07, 6.45) is 1.51. The quantitative estimate of drug-likeness (QED) is 0.730. The number of benzene rings is 1. The van der Waals surface area contributed by atoms with Gasteiger partial charge in [-0.2, -0.15) is 0 Å². The number of nitrogen functional groups attached to an aromatic ring is 1. The molecule has 1 aromatic heterocycles. The van der Waals surface area contributed by atoms with Crippen LogP contribution in [-0.4, -0.2) is 4.98 Å². The molecule has 0 saturated carbocycles. The summed E-state index contributed by atoms with van der Waals surface area (Å²) in [5.41, 5.74) is 6.75. The zero-order valence-electron chi connectivity index (χ0n) is 6.59. The smallest absolute Gasteiger partial charge is 0.0904 e. The Hall–Kier alpha value is -0.990. The van der Waals surface area contributed by atoms with Crippen LogP contribution in [0.3, 0.4) is 0 Å². The molecular formula is C9H6Cl2N2. The van der Waals surface area contributed by atoms with Gasteiger partial charge in [0.15, 0.2) is 0 Å². The summed E-state index contributed by atoms with van der Waals surface area (Å²) in [6, 6.07) is 5.42.